The van der Waals surface area contributed by atoms with Gasteiger partial charge in [-0.3, -0.25) is 0 Å². The molecule has 1 aliphatic carbocycles. The zero-order valence-corrected chi connectivity index (χ0v) is 40.1. The Labute approximate surface area is 381 Å². The van der Waals surface area contributed by atoms with Crippen LogP contribution < -0.4 is 20.6 Å². The van der Waals surface area contributed by atoms with Gasteiger partial charge in [-0.2, -0.15) is 0 Å². The maximum atomic E-state index is 6.35. The van der Waals surface area contributed by atoms with Gasteiger partial charge in [0.25, 0.3) is 0 Å². The molecule has 0 atom stereocenters. The summed E-state index contributed by atoms with van der Waals surface area (Å²) in [5, 5.41) is 0. The predicted molar refractivity (Wildman–Crippen MR) is 262 cm³/mol. The predicted octanol–water partition coefficient (Wildman–Crippen LogP) is 12.4. The van der Waals surface area contributed by atoms with Crippen molar-refractivity contribution in [2.45, 2.75) is 143 Å². The number of halogens is 1. The summed E-state index contributed by atoms with van der Waals surface area (Å²) in [5.41, 5.74) is 9.73. The molecule has 9 heteroatoms. The highest BCUT2D eigenvalue weighted by Crippen LogP contribution is 2.39. The van der Waals surface area contributed by atoms with Crippen LogP contribution in [0.2, 0.25) is 0 Å². The molecule has 0 bridgehead atoms. The maximum absolute atomic E-state index is 6.35. The Morgan fingerprint density at radius 3 is 1.39 bits per heavy atom. The summed E-state index contributed by atoms with van der Waals surface area (Å²) in [4.78, 5) is 2.31. The van der Waals surface area contributed by atoms with Crippen LogP contribution in [0.5, 0.6) is 5.75 Å². The second-order valence-electron chi connectivity index (χ2n) is 19.2. The lowest BCUT2D eigenvalue weighted by Gasteiger charge is -2.32. The van der Waals surface area contributed by atoms with Gasteiger partial charge in [0.05, 0.1) is 29.0 Å². The van der Waals surface area contributed by atoms with Crippen LogP contribution in [0.15, 0.2) is 120 Å². The van der Waals surface area contributed by atoms with E-state index >= 15 is 0 Å². The number of nitrogens with zero attached hydrogens (tertiary/aromatic N) is 1. The minimum absolute atomic E-state index is 0.383. The number of aryl methyl sites for hydroxylation is 4. The molecule has 0 N–H and O–H groups in total. The second kappa shape index (κ2) is 19.5. The second-order valence-corrected chi connectivity index (χ2v) is 20.1. The van der Waals surface area contributed by atoms with Crippen molar-refractivity contribution in [3.63, 3.8) is 0 Å². The van der Waals surface area contributed by atoms with Crippen LogP contribution in [0.1, 0.15) is 117 Å². The summed E-state index contributed by atoms with van der Waals surface area (Å²) in [5.74, 6) is 0.951. The van der Waals surface area contributed by atoms with Gasteiger partial charge < -0.3 is 28.3 Å². The van der Waals surface area contributed by atoms with Gasteiger partial charge in [-0.25, -0.2) is 0 Å². The first-order valence-corrected chi connectivity index (χ1v) is 23.6. The van der Waals surface area contributed by atoms with Crippen LogP contribution in [-0.2, 0) is 44.3 Å². The Morgan fingerprint density at radius 2 is 0.952 bits per heavy atom. The highest BCUT2D eigenvalue weighted by atomic mass is 79.9. The minimum Gasteiger partial charge on any atom is -0.494 e. The maximum Gasteiger partial charge on any atom is 0.494 e. The molecule has 0 aromatic heterocycles. The molecule has 6 nitrogen and oxygen atoms in total. The first kappa shape index (κ1) is 46.2. The molecular formula is C53H66B2BrNO5. The molecule has 5 aromatic rings. The third-order valence-corrected chi connectivity index (χ3v) is 14.0. The summed E-state index contributed by atoms with van der Waals surface area (Å²) in [6.45, 7) is 19.7. The SMILES string of the molecule is CC1(C)OB(c2ccc(N(c3ccc(CCCCCc4ccc5c(c4)CC5)cc3)c3ccc(B4OC(C)(C)C(C)(C)O4)cc3)cc2)OC1(C)C.CCCCOc1ccc(Br)cc1. The van der Waals surface area contributed by atoms with E-state index in [2.05, 4.69) is 174 Å². The van der Waals surface area contributed by atoms with Gasteiger partial charge in [0.15, 0.2) is 0 Å². The molecule has 0 amide bonds. The van der Waals surface area contributed by atoms with Crippen LogP contribution in [0.4, 0.5) is 17.1 Å². The average Bonchev–Trinajstić information content (AvgIpc) is 3.60. The summed E-state index contributed by atoms with van der Waals surface area (Å²) < 4.78 is 32.0. The van der Waals surface area contributed by atoms with Crippen molar-refractivity contribution in [3.8, 4) is 5.75 Å². The molecule has 8 rings (SSSR count). The molecule has 62 heavy (non-hydrogen) atoms. The fourth-order valence-electron chi connectivity index (χ4n) is 7.88. The number of unbranched alkanes of at least 4 members (excludes halogenated alkanes) is 3. The van der Waals surface area contributed by atoms with E-state index in [1.54, 1.807) is 11.1 Å². The van der Waals surface area contributed by atoms with E-state index in [1.807, 2.05) is 24.3 Å². The standard InChI is InChI=1S/C43H53B2NO4.C10H13BrO/c1-40(2)41(3,4)48-44(47-40)35-20-26-38(27-21-35)46(39-28-22-36(23-29-39)45-49-42(5,6)43(7,8)50-45)37-24-15-31(16-25-37)12-10-9-11-13-32-14-17-33-18-19-34(33)30-32;1-2-3-8-12-10-6-4-9(11)5-7-10/h14-17,20-30H,9-13,18-19H2,1-8H3;4-7H,2-3,8H2,1H3. The molecule has 2 aliphatic heterocycles. The lowest BCUT2D eigenvalue weighted by molar-refractivity contribution is 0.00578. The molecule has 2 heterocycles. The van der Waals surface area contributed by atoms with Crippen molar-refractivity contribution in [3.05, 3.63) is 142 Å². The summed E-state index contributed by atoms with van der Waals surface area (Å²) >= 11 is 3.37. The van der Waals surface area contributed by atoms with Gasteiger partial charge >= 0.3 is 14.2 Å². The van der Waals surface area contributed by atoms with Crippen LogP contribution in [0.3, 0.4) is 0 Å². The van der Waals surface area contributed by atoms with Crippen molar-refractivity contribution in [2.24, 2.45) is 0 Å². The molecule has 0 spiro atoms. The summed E-state index contributed by atoms with van der Waals surface area (Å²) in [7, 11) is -0.797. The Morgan fingerprint density at radius 1 is 0.516 bits per heavy atom. The average molecular weight is 899 g/mol. The van der Waals surface area contributed by atoms with E-state index in [0.717, 1.165) is 57.7 Å². The number of rotatable bonds is 15. The van der Waals surface area contributed by atoms with E-state index in [-0.39, 0.29) is 22.4 Å². The molecule has 0 radical (unpaired) electrons. The molecule has 326 valence electrons. The first-order chi connectivity index (χ1) is 29.5. The zero-order chi connectivity index (χ0) is 44.1. The highest BCUT2D eigenvalue weighted by molar-refractivity contribution is 9.10. The van der Waals surface area contributed by atoms with Crippen molar-refractivity contribution >= 4 is 58.2 Å². The molecule has 2 fully saturated rings. The van der Waals surface area contributed by atoms with Gasteiger partial charge in [-0.15, -0.1) is 0 Å². The number of hydrogen-bond acceptors (Lipinski definition) is 6. The minimum atomic E-state index is -0.398. The van der Waals surface area contributed by atoms with Crippen molar-refractivity contribution < 1.29 is 23.4 Å². The van der Waals surface area contributed by atoms with Gasteiger partial charge in [0.1, 0.15) is 5.75 Å². The van der Waals surface area contributed by atoms with Gasteiger partial charge in [0, 0.05) is 21.5 Å². The summed E-state index contributed by atoms with van der Waals surface area (Å²) in [6.07, 6.45) is 10.8. The van der Waals surface area contributed by atoms with E-state index < -0.39 is 14.2 Å². The van der Waals surface area contributed by atoms with Gasteiger partial charge in [0.2, 0.25) is 0 Å². The molecule has 2 saturated heterocycles. The molecule has 3 aliphatic rings. The van der Waals surface area contributed by atoms with Crippen molar-refractivity contribution in [1.29, 1.82) is 0 Å². The summed E-state index contributed by atoms with van der Waals surface area (Å²) in [6, 6.07) is 41.2. The van der Waals surface area contributed by atoms with Crippen LogP contribution >= 0.6 is 15.9 Å². The smallest absolute Gasteiger partial charge is 0.494 e. The normalized spacial score (nSPS) is 17.8. The highest BCUT2D eigenvalue weighted by Gasteiger charge is 2.52. The lowest BCUT2D eigenvalue weighted by atomic mass is 9.79. The molecule has 0 saturated carbocycles. The first-order valence-electron chi connectivity index (χ1n) is 22.8. The molecule has 5 aromatic carbocycles. The number of fused-ring (bicyclic) bond motifs is 1. The van der Waals surface area contributed by atoms with E-state index in [4.69, 9.17) is 23.4 Å². The van der Waals surface area contributed by atoms with Crippen LogP contribution in [0.25, 0.3) is 0 Å². The van der Waals surface area contributed by atoms with E-state index in [1.165, 1.54) is 56.1 Å². The van der Waals surface area contributed by atoms with Crippen LogP contribution in [0, 0.1) is 0 Å². The largest absolute Gasteiger partial charge is 0.494 e. The third kappa shape index (κ3) is 10.9. The van der Waals surface area contributed by atoms with Crippen molar-refractivity contribution in [1.82, 2.24) is 0 Å². The fourth-order valence-corrected chi connectivity index (χ4v) is 8.15. The zero-order valence-electron chi connectivity index (χ0n) is 38.6. The molecule has 0 unspecified atom stereocenters. The Bertz CT molecular complexity index is 2110. The van der Waals surface area contributed by atoms with E-state index in [9.17, 15) is 0 Å². The Balaban J connectivity index is 0.000000417. The quantitative estimate of drug-likeness (QED) is 0.0771. The molecular weight excluding hydrogens is 832 g/mol. The fraction of sp³-hybridized carbons (Fsp3) is 0.434. The van der Waals surface area contributed by atoms with E-state index in [0.29, 0.717) is 0 Å². The Hall–Kier alpha value is -3.85. The van der Waals surface area contributed by atoms with Gasteiger partial charge in [-0.05, 0) is 194 Å². The number of ether oxygens (including phenoxy) is 1. The van der Waals surface area contributed by atoms with Gasteiger partial charge in [-0.1, -0.05) is 90.3 Å². The van der Waals surface area contributed by atoms with Crippen molar-refractivity contribution in [2.75, 3.05) is 11.5 Å². The number of hydrogen-bond donors (Lipinski definition) is 0. The number of benzene rings is 5. The Kier molecular flexibility index (Phi) is 14.5. The lowest BCUT2D eigenvalue weighted by Crippen LogP contribution is -2.41. The third-order valence-electron chi connectivity index (χ3n) is 13.5. The van der Waals surface area contributed by atoms with Crippen LogP contribution in [-0.4, -0.2) is 43.2 Å². The number of anilines is 3. The topological polar surface area (TPSA) is 49.4 Å². The monoisotopic (exact) mass is 897 g/mol.